The molecule has 2 N–H and O–H groups in total. The molecule has 1 saturated heterocycles. The summed E-state index contributed by atoms with van der Waals surface area (Å²) in [6.45, 7) is 0. The molecule has 186 valence electrons. The fraction of sp³-hybridized carbons (Fsp3) is 0.120. The van der Waals surface area contributed by atoms with Gasteiger partial charge in [-0.05, 0) is 42.0 Å². The minimum atomic E-state index is -1.37. The molecule has 1 fully saturated rings. The van der Waals surface area contributed by atoms with E-state index in [2.05, 4.69) is 0 Å². The second kappa shape index (κ2) is 9.67. The molecule has 4 rings (SSSR count). The Balaban J connectivity index is 2.03. The van der Waals surface area contributed by atoms with Crippen molar-refractivity contribution in [3.63, 3.8) is 0 Å². The molecular formula is C25H17Cl2F2NO6. The number of phenolic OH excluding ortho intramolecular Hbond substituents is 1. The molecule has 1 aliphatic heterocycles. The Morgan fingerprint density at radius 1 is 0.972 bits per heavy atom. The topological polar surface area (TPSA) is 96.3 Å². The van der Waals surface area contributed by atoms with Crippen LogP contribution < -0.4 is 14.4 Å². The van der Waals surface area contributed by atoms with Gasteiger partial charge in [-0.3, -0.25) is 14.5 Å². The molecule has 36 heavy (non-hydrogen) atoms. The predicted molar refractivity (Wildman–Crippen MR) is 129 cm³/mol. The smallest absolute Gasteiger partial charge is 0.300 e. The van der Waals surface area contributed by atoms with Gasteiger partial charge in [-0.15, -0.1) is 0 Å². The third-order valence-corrected chi connectivity index (χ3v) is 6.11. The number of aliphatic hydroxyl groups excluding tert-OH is 1. The second-order valence-corrected chi connectivity index (χ2v) is 8.51. The zero-order chi connectivity index (χ0) is 26.3. The lowest BCUT2D eigenvalue weighted by Crippen LogP contribution is -2.29. The monoisotopic (exact) mass is 535 g/mol. The summed E-state index contributed by atoms with van der Waals surface area (Å²) < 4.78 is 38.0. The lowest BCUT2D eigenvalue weighted by atomic mass is 9.94. The maximum absolute atomic E-state index is 14.1. The summed E-state index contributed by atoms with van der Waals surface area (Å²) in [5, 5.41) is 21.8. The fourth-order valence-electron chi connectivity index (χ4n) is 4.02. The van der Waals surface area contributed by atoms with Crippen LogP contribution in [-0.2, 0) is 9.59 Å². The van der Waals surface area contributed by atoms with Crippen LogP contribution in [0.25, 0.3) is 5.76 Å². The quantitative estimate of drug-likeness (QED) is 0.250. The van der Waals surface area contributed by atoms with Crippen LogP contribution in [0.2, 0.25) is 10.0 Å². The Labute approximate surface area is 213 Å². The third kappa shape index (κ3) is 4.20. The first-order chi connectivity index (χ1) is 17.1. The SMILES string of the molecule is COc1ccc(C2/C(=C(\O)c3cc(Cl)cc(Cl)c3OC)C(=O)C(=O)N2c2ccc(F)c(F)c2)cc1O. The second-order valence-electron chi connectivity index (χ2n) is 7.67. The van der Waals surface area contributed by atoms with E-state index >= 15 is 0 Å². The number of benzene rings is 3. The van der Waals surface area contributed by atoms with Crippen molar-refractivity contribution in [3.05, 3.63) is 86.9 Å². The maximum atomic E-state index is 14.1. The zero-order valence-electron chi connectivity index (χ0n) is 18.7. The summed E-state index contributed by atoms with van der Waals surface area (Å²) in [5.41, 5.74) is -0.510. The molecule has 0 aliphatic carbocycles. The van der Waals surface area contributed by atoms with Crippen molar-refractivity contribution < 1.29 is 38.1 Å². The van der Waals surface area contributed by atoms with Crippen LogP contribution in [0.1, 0.15) is 17.2 Å². The number of hydrogen-bond donors (Lipinski definition) is 2. The lowest BCUT2D eigenvalue weighted by Gasteiger charge is -2.26. The molecule has 0 aromatic heterocycles. The lowest BCUT2D eigenvalue weighted by molar-refractivity contribution is -0.132. The number of nitrogens with zero attached hydrogens (tertiary/aromatic N) is 1. The van der Waals surface area contributed by atoms with Gasteiger partial charge in [0.15, 0.2) is 23.1 Å². The van der Waals surface area contributed by atoms with Crippen LogP contribution in [-0.4, -0.2) is 36.1 Å². The van der Waals surface area contributed by atoms with Gasteiger partial charge in [0.25, 0.3) is 11.7 Å². The van der Waals surface area contributed by atoms with E-state index in [0.717, 1.165) is 23.1 Å². The number of halogens is 4. The number of phenols is 1. The summed E-state index contributed by atoms with van der Waals surface area (Å²) in [7, 11) is 2.61. The number of amides is 1. The number of aromatic hydroxyl groups is 1. The molecule has 1 heterocycles. The van der Waals surface area contributed by atoms with E-state index in [1.165, 1.54) is 44.6 Å². The highest BCUT2D eigenvalue weighted by Gasteiger charge is 2.47. The number of anilines is 1. The van der Waals surface area contributed by atoms with Crippen LogP contribution in [0, 0.1) is 11.6 Å². The molecule has 0 spiro atoms. The highest BCUT2D eigenvalue weighted by atomic mass is 35.5. The molecule has 1 amide bonds. The first-order valence-electron chi connectivity index (χ1n) is 10.2. The van der Waals surface area contributed by atoms with E-state index in [9.17, 15) is 28.6 Å². The van der Waals surface area contributed by atoms with Crippen LogP contribution in [0.15, 0.2) is 54.1 Å². The number of carbonyl (C=O) groups excluding carboxylic acids is 2. The molecule has 0 bridgehead atoms. The molecule has 3 aromatic rings. The molecule has 11 heteroatoms. The van der Waals surface area contributed by atoms with E-state index in [-0.39, 0.29) is 44.1 Å². The van der Waals surface area contributed by atoms with Gasteiger partial charge in [-0.1, -0.05) is 29.3 Å². The van der Waals surface area contributed by atoms with Crippen molar-refractivity contribution in [2.75, 3.05) is 19.1 Å². The minimum Gasteiger partial charge on any atom is -0.507 e. The van der Waals surface area contributed by atoms with Gasteiger partial charge in [0.1, 0.15) is 11.5 Å². The van der Waals surface area contributed by atoms with Crippen LogP contribution in [0.4, 0.5) is 14.5 Å². The van der Waals surface area contributed by atoms with Crippen molar-refractivity contribution >= 4 is 46.3 Å². The summed E-state index contributed by atoms with van der Waals surface area (Å²) in [6, 6.07) is 7.97. The average Bonchev–Trinajstić information content (AvgIpc) is 3.10. The van der Waals surface area contributed by atoms with E-state index < -0.39 is 40.7 Å². The van der Waals surface area contributed by atoms with Gasteiger partial charge in [0, 0.05) is 16.8 Å². The first kappa shape index (κ1) is 25.3. The molecular weight excluding hydrogens is 519 g/mol. The minimum absolute atomic E-state index is 0.0195. The number of hydrogen-bond acceptors (Lipinski definition) is 6. The largest absolute Gasteiger partial charge is 0.507 e. The van der Waals surface area contributed by atoms with Gasteiger partial charge in [-0.25, -0.2) is 8.78 Å². The Bertz CT molecular complexity index is 1440. The highest BCUT2D eigenvalue weighted by molar-refractivity contribution is 6.52. The summed E-state index contributed by atoms with van der Waals surface area (Å²) in [6.07, 6.45) is 0. The highest BCUT2D eigenvalue weighted by Crippen LogP contribution is 2.46. The van der Waals surface area contributed by atoms with Crippen LogP contribution >= 0.6 is 23.2 Å². The van der Waals surface area contributed by atoms with E-state index in [0.29, 0.717) is 0 Å². The first-order valence-corrected chi connectivity index (χ1v) is 11.0. The van der Waals surface area contributed by atoms with Crippen LogP contribution in [0.3, 0.4) is 0 Å². The standard InChI is InChI=1S/C25H17Cl2F2NO6/c1-35-19-6-3-11(7-18(19)31)21-20(22(32)14-8-12(26)9-15(27)24(14)36-2)23(33)25(34)30(21)13-4-5-16(28)17(29)10-13/h3-10,21,31-32H,1-2H3/b22-20+. The van der Waals surface area contributed by atoms with Crippen molar-refractivity contribution in [3.8, 4) is 17.2 Å². The molecule has 0 saturated carbocycles. The predicted octanol–water partition coefficient (Wildman–Crippen LogP) is 5.62. The number of methoxy groups -OCH3 is 2. The normalized spacial score (nSPS) is 16.9. The molecule has 7 nitrogen and oxygen atoms in total. The summed E-state index contributed by atoms with van der Waals surface area (Å²) in [5.74, 6) is -5.60. The summed E-state index contributed by atoms with van der Waals surface area (Å²) >= 11 is 12.3. The molecule has 1 atom stereocenters. The molecule has 3 aromatic carbocycles. The third-order valence-electron chi connectivity index (χ3n) is 5.61. The number of carbonyl (C=O) groups is 2. The Hall–Kier alpha value is -3.82. The number of Topliss-reactive ketones (excluding diaryl/α,β-unsaturated/α-hetero) is 1. The summed E-state index contributed by atoms with van der Waals surface area (Å²) in [4.78, 5) is 27.3. The van der Waals surface area contributed by atoms with Crippen molar-refractivity contribution in [2.45, 2.75) is 6.04 Å². The number of rotatable bonds is 5. The van der Waals surface area contributed by atoms with Crippen molar-refractivity contribution in [1.29, 1.82) is 0 Å². The van der Waals surface area contributed by atoms with Crippen LogP contribution in [0.5, 0.6) is 17.2 Å². The maximum Gasteiger partial charge on any atom is 0.300 e. The van der Waals surface area contributed by atoms with Gasteiger partial charge in [0.2, 0.25) is 0 Å². The Morgan fingerprint density at radius 2 is 1.69 bits per heavy atom. The van der Waals surface area contributed by atoms with E-state index in [1.54, 1.807) is 0 Å². The average molecular weight is 536 g/mol. The molecule has 0 radical (unpaired) electrons. The molecule has 1 unspecified atom stereocenters. The number of ether oxygens (including phenoxy) is 2. The zero-order valence-corrected chi connectivity index (χ0v) is 20.2. The van der Waals surface area contributed by atoms with E-state index in [4.69, 9.17) is 32.7 Å². The van der Waals surface area contributed by atoms with Gasteiger partial charge in [0.05, 0.1) is 36.4 Å². The molecule has 1 aliphatic rings. The van der Waals surface area contributed by atoms with E-state index in [1.807, 2.05) is 0 Å². The number of ketones is 1. The van der Waals surface area contributed by atoms with Crippen molar-refractivity contribution in [1.82, 2.24) is 0 Å². The Kier molecular flexibility index (Phi) is 6.79. The van der Waals surface area contributed by atoms with Gasteiger partial charge in [-0.2, -0.15) is 0 Å². The van der Waals surface area contributed by atoms with Crippen molar-refractivity contribution in [2.24, 2.45) is 0 Å². The fourth-order valence-corrected chi connectivity index (χ4v) is 4.59. The Morgan fingerprint density at radius 3 is 2.31 bits per heavy atom. The van der Waals surface area contributed by atoms with Gasteiger partial charge < -0.3 is 19.7 Å². The number of aliphatic hydroxyl groups is 1. The van der Waals surface area contributed by atoms with Gasteiger partial charge >= 0.3 is 0 Å².